The van der Waals surface area contributed by atoms with Gasteiger partial charge in [-0.05, 0) is 48.4 Å². The van der Waals surface area contributed by atoms with Crippen molar-refractivity contribution in [1.29, 1.82) is 0 Å². The molecule has 0 saturated carbocycles. The molecule has 7 heteroatoms. The van der Waals surface area contributed by atoms with E-state index in [0.29, 0.717) is 29.9 Å². The van der Waals surface area contributed by atoms with Crippen molar-refractivity contribution in [2.75, 3.05) is 27.4 Å². The maximum absolute atomic E-state index is 12.8. The van der Waals surface area contributed by atoms with Gasteiger partial charge in [-0.2, -0.15) is 0 Å². The molecule has 1 aliphatic heterocycles. The number of hydrogen-bond acceptors (Lipinski definition) is 6. The van der Waals surface area contributed by atoms with Gasteiger partial charge in [0.05, 0.1) is 18.7 Å². The zero-order chi connectivity index (χ0) is 21.0. The number of rotatable bonds is 7. The summed E-state index contributed by atoms with van der Waals surface area (Å²) in [5, 5.41) is 20.8. The number of aliphatic hydroxyl groups is 1. The molecule has 29 heavy (non-hydrogen) atoms. The molecule has 0 aromatic heterocycles. The third-order valence-corrected chi connectivity index (χ3v) is 4.84. The molecule has 2 aromatic rings. The third-order valence-electron chi connectivity index (χ3n) is 4.84. The molecule has 0 aliphatic carbocycles. The second-order valence-electron chi connectivity index (χ2n) is 6.66. The van der Waals surface area contributed by atoms with Gasteiger partial charge >= 0.3 is 0 Å². The van der Waals surface area contributed by atoms with Crippen LogP contribution in [0.2, 0.25) is 0 Å². The summed E-state index contributed by atoms with van der Waals surface area (Å²) in [5.41, 5.74) is 0.922. The molecule has 2 aromatic carbocycles. The van der Waals surface area contributed by atoms with Crippen molar-refractivity contribution < 1.29 is 29.3 Å². The fraction of sp³-hybridized carbons (Fsp3) is 0.273. The van der Waals surface area contributed by atoms with Gasteiger partial charge in [0.15, 0.2) is 0 Å². The van der Waals surface area contributed by atoms with Crippen LogP contribution in [0.5, 0.6) is 11.5 Å². The lowest BCUT2D eigenvalue weighted by atomic mass is 9.95. The van der Waals surface area contributed by atoms with Gasteiger partial charge in [0.1, 0.15) is 17.3 Å². The molecule has 0 unspecified atom stereocenters. The van der Waals surface area contributed by atoms with Crippen LogP contribution < -0.4 is 4.74 Å². The number of carbonyl (C=O) groups excluding carboxylic acids is 2. The number of benzene rings is 2. The van der Waals surface area contributed by atoms with E-state index < -0.39 is 17.7 Å². The first kappa shape index (κ1) is 20.4. The molecular formula is C22H23NO6. The number of ketones is 1. The normalized spacial score (nSPS) is 18.3. The Morgan fingerprint density at radius 3 is 2.45 bits per heavy atom. The fourth-order valence-corrected chi connectivity index (χ4v) is 3.44. The van der Waals surface area contributed by atoms with Crippen molar-refractivity contribution >= 4 is 17.4 Å². The Hall–Kier alpha value is -3.32. The maximum Gasteiger partial charge on any atom is 0.295 e. The molecule has 7 nitrogen and oxygen atoms in total. The van der Waals surface area contributed by atoms with Crippen LogP contribution in [-0.4, -0.2) is 54.2 Å². The minimum Gasteiger partial charge on any atom is -0.508 e. The maximum atomic E-state index is 12.8. The molecule has 0 spiro atoms. The highest BCUT2D eigenvalue weighted by atomic mass is 16.5. The van der Waals surface area contributed by atoms with Gasteiger partial charge in [-0.15, -0.1) is 0 Å². The van der Waals surface area contributed by atoms with E-state index in [4.69, 9.17) is 9.47 Å². The van der Waals surface area contributed by atoms with Gasteiger partial charge < -0.3 is 24.6 Å². The Balaban J connectivity index is 2.10. The van der Waals surface area contributed by atoms with E-state index in [2.05, 4.69) is 0 Å². The highest BCUT2D eigenvalue weighted by Gasteiger charge is 2.45. The van der Waals surface area contributed by atoms with Crippen molar-refractivity contribution in [3.8, 4) is 11.5 Å². The number of Topliss-reactive ketones (excluding diaryl/α,β-unsaturated/α-hetero) is 1. The number of aliphatic hydroxyl groups excluding tert-OH is 1. The second-order valence-corrected chi connectivity index (χ2v) is 6.66. The summed E-state index contributed by atoms with van der Waals surface area (Å²) in [6.07, 6.45) is 0.529. The molecule has 3 rings (SSSR count). The Morgan fingerprint density at radius 1 is 1.10 bits per heavy atom. The predicted molar refractivity (Wildman–Crippen MR) is 107 cm³/mol. The Bertz CT molecular complexity index is 935. The van der Waals surface area contributed by atoms with Crippen LogP contribution in [0.15, 0.2) is 54.1 Å². The average molecular weight is 397 g/mol. The summed E-state index contributed by atoms with van der Waals surface area (Å²) in [6.45, 7) is 0.701. The molecule has 0 bridgehead atoms. The van der Waals surface area contributed by atoms with Crippen LogP contribution in [0.3, 0.4) is 0 Å². The number of phenolic OH excluding ortho intramolecular Hbond substituents is 1. The highest BCUT2D eigenvalue weighted by Crippen LogP contribution is 2.40. The first-order chi connectivity index (χ1) is 14.0. The van der Waals surface area contributed by atoms with Gasteiger partial charge in [0.2, 0.25) is 0 Å². The van der Waals surface area contributed by atoms with Gasteiger partial charge in [0.25, 0.3) is 11.7 Å². The van der Waals surface area contributed by atoms with Crippen molar-refractivity contribution in [2.24, 2.45) is 0 Å². The van der Waals surface area contributed by atoms with E-state index in [1.54, 1.807) is 43.5 Å². The SMILES string of the molecule is COCCCN1C(=O)C(=O)C(=C(O)c2ccc(OC)cc2)[C@@H]1c1cccc(O)c1. The van der Waals surface area contributed by atoms with Crippen LogP contribution in [0.1, 0.15) is 23.6 Å². The van der Waals surface area contributed by atoms with Crippen LogP contribution in [0.25, 0.3) is 5.76 Å². The number of amides is 1. The molecule has 152 valence electrons. The number of likely N-dealkylation sites (tertiary alicyclic amines) is 1. The second kappa shape index (κ2) is 8.79. The Morgan fingerprint density at radius 2 is 1.83 bits per heavy atom. The number of methoxy groups -OCH3 is 2. The molecular weight excluding hydrogens is 374 g/mol. The standard InChI is InChI=1S/C22H23NO6/c1-28-12-4-11-23-19(15-5-3-6-16(24)13-15)18(21(26)22(23)27)20(25)14-7-9-17(29-2)10-8-14/h3,5-10,13,19,24-25H,4,11-12H2,1-2H3/t19-/m0/s1. The largest absolute Gasteiger partial charge is 0.508 e. The fourth-order valence-electron chi connectivity index (χ4n) is 3.44. The minimum absolute atomic E-state index is 0.00873. The minimum atomic E-state index is -0.805. The molecule has 1 amide bonds. The first-order valence-corrected chi connectivity index (χ1v) is 9.18. The van der Waals surface area contributed by atoms with Crippen LogP contribution >= 0.6 is 0 Å². The van der Waals surface area contributed by atoms with Crippen LogP contribution in [-0.2, 0) is 14.3 Å². The zero-order valence-electron chi connectivity index (χ0n) is 16.3. The summed E-state index contributed by atoms with van der Waals surface area (Å²) in [5.74, 6) is -1.11. The zero-order valence-corrected chi connectivity index (χ0v) is 16.3. The highest BCUT2D eigenvalue weighted by molar-refractivity contribution is 6.46. The van der Waals surface area contributed by atoms with E-state index >= 15 is 0 Å². The summed E-state index contributed by atoms with van der Waals surface area (Å²) >= 11 is 0. The quantitative estimate of drug-likeness (QED) is 0.323. The predicted octanol–water partition coefficient (Wildman–Crippen LogP) is 2.86. The molecule has 1 atom stereocenters. The summed E-state index contributed by atoms with van der Waals surface area (Å²) in [7, 11) is 3.09. The van der Waals surface area contributed by atoms with Crippen molar-refractivity contribution in [1.82, 2.24) is 4.90 Å². The number of ether oxygens (including phenoxy) is 2. The molecule has 1 fully saturated rings. The Labute approximate surface area is 168 Å². The number of phenols is 1. The third kappa shape index (κ3) is 4.09. The van der Waals surface area contributed by atoms with Crippen LogP contribution in [0.4, 0.5) is 0 Å². The molecule has 1 aliphatic rings. The lowest BCUT2D eigenvalue weighted by Gasteiger charge is -2.25. The summed E-state index contributed by atoms with van der Waals surface area (Å²) in [4.78, 5) is 27.0. The van der Waals surface area contributed by atoms with Gasteiger partial charge in [0, 0.05) is 25.8 Å². The molecule has 0 radical (unpaired) electrons. The lowest BCUT2D eigenvalue weighted by Crippen LogP contribution is -2.31. The number of carbonyl (C=O) groups is 2. The molecule has 2 N–H and O–H groups in total. The van der Waals surface area contributed by atoms with Gasteiger partial charge in [-0.1, -0.05) is 12.1 Å². The summed E-state index contributed by atoms with van der Waals surface area (Å²) < 4.78 is 10.2. The Kier molecular flexibility index (Phi) is 6.19. The molecule has 1 heterocycles. The lowest BCUT2D eigenvalue weighted by molar-refractivity contribution is -0.140. The van der Waals surface area contributed by atoms with Crippen LogP contribution in [0, 0.1) is 0 Å². The smallest absolute Gasteiger partial charge is 0.295 e. The van der Waals surface area contributed by atoms with Crippen molar-refractivity contribution in [3.63, 3.8) is 0 Å². The number of hydrogen-bond donors (Lipinski definition) is 2. The van der Waals surface area contributed by atoms with Crippen molar-refractivity contribution in [2.45, 2.75) is 12.5 Å². The van der Waals surface area contributed by atoms with Gasteiger partial charge in [-0.25, -0.2) is 0 Å². The van der Waals surface area contributed by atoms with Gasteiger partial charge in [-0.3, -0.25) is 9.59 Å². The van der Waals surface area contributed by atoms with E-state index in [0.717, 1.165) is 0 Å². The molecule has 1 saturated heterocycles. The average Bonchev–Trinajstić information content (AvgIpc) is 2.98. The van der Waals surface area contributed by atoms with E-state index in [-0.39, 0.29) is 23.6 Å². The van der Waals surface area contributed by atoms with E-state index in [1.807, 2.05) is 0 Å². The summed E-state index contributed by atoms with van der Waals surface area (Å²) in [6, 6.07) is 12.1. The van der Waals surface area contributed by atoms with E-state index in [9.17, 15) is 19.8 Å². The van der Waals surface area contributed by atoms with Crippen molar-refractivity contribution in [3.05, 3.63) is 65.2 Å². The first-order valence-electron chi connectivity index (χ1n) is 9.18. The monoisotopic (exact) mass is 397 g/mol. The van der Waals surface area contributed by atoms with E-state index in [1.165, 1.54) is 24.1 Å². The topological polar surface area (TPSA) is 96.3 Å². The number of aromatic hydroxyl groups is 1. The number of nitrogens with zero attached hydrogens (tertiary/aromatic N) is 1.